The van der Waals surface area contributed by atoms with E-state index in [1.54, 1.807) is 0 Å². The molecule has 0 heterocycles. The molecule has 4 heteroatoms. The Morgan fingerprint density at radius 2 is 1.94 bits per heavy atom. The van der Waals surface area contributed by atoms with Gasteiger partial charge < -0.3 is 15.2 Å². The van der Waals surface area contributed by atoms with Gasteiger partial charge in [-0.25, -0.2) is 0 Å². The standard InChI is InChI=1S/C14H20BrNO2/c15-11-2-1-3-14(10-11)18-9-8-17-13-6-4-12(16)5-7-13/h1-3,10,12-13H,4-9,16H2. The van der Waals surface area contributed by atoms with Gasteiger partial charge in [0.25, 0.3) is 0 Å². The van der Waals surface area contributed by atoms with Crippen LogP contribution in [0.2, 0.25) is 0 Å². The van der Waals surface area contributed by atoms with Crippen LogP contribution in [0, 0.1) is 0 Å². The maximum atomic E-state index is 5.86. The average molecular weight is 314 g/mol. The van der Waals surface area contributed by atoms with Gasteiger partial charge in [-0.05, 0) is 43.9 Å². The van der Waals surface area contributed by atoms with E-state index in [9.17, 15) is 0 Å². The van der Waals surface area contributed by atoms with Gasteiger partial charge in [-0.15, -0.1) is 0 Å². The molecule has 100 valence electrons. The van der Waals surface area contributed by atoms with Gasteiger partial charge >= 0.3 is 0 Å². The van der Waals surface area contributed by atoms with Crippen LogP contribution in [-0.2, 0) is 4.74 Å². The van der Waals surface area contributed by atoms with Crippen LogP contribution in [0.25, 0.3) is 0 Å². The zero-order valence-corrected chi connectivity index (χ0v) is 12.1. The zero-order chi connectivity index (χ0) is 12.8. The summed E-state index contributed by atoms with van der Waals surface area (Å²) in [5, 5.41) is 0. The number of nitrogens with two attached hydrogens (primary N) is 1. The minimum atomic E-state index is 0.371. The largest absolute Gasteiger partial charge is 0.491 e. The molecule has 1 aromatic carbocycles. The smallest absolute Gasteiger partial charge is 0.120 e. The quantitative estimate of drug-likeness (QED) is 0.849. The van der Waals surface area contributed by atoms with Gasteiger partial charge in [0, 0.05) is 10.5 Å². The van der Waals surface area contributed by atoms with Crippen molar-refractivity contribution in [2.45, 2.75) is 37.8 Å². The Balaban J connectivity index is 1.61. The van der Waals surface area contributed by atoms with Crippen LogP contribution >= 0.6 is 15.9 Å². The Morgan fingerprint density at radius 1 is 1.17 bits per heavy atom. The molecule has 3 nitrogen and oxygen atoms in total. The molecule has 0 unspecified atom stereocenters. The molecule has 1 fully saturated rings. The van der Waals surface area contributed by atoms with Crippen LogP contribution in [0.1, 0.15) is 25.7 Å². The number of hydrogen-bond donors (Lipinski definition) is 1. The molecule has 0 bridgehead atoms. The van der Waals surface area contributed by atoms with Crippen LogP contribution in [0.3, 0.4) is 0 Å². The highest BCUT2D eigenvalue weighted by Crippen LogP contribution is 2.20. The SMILES string of the molecule is NC1CCC(OCCOc2cccc(Br)c2)CC1. The van der Waals surface area contributed by atoms with E-state index in [4.69, 9.17) is 15.2 Å². The molecule has 0 aromatic heterocycles. The van der Waals surface area contributed by atoms with E-state index >= 15 is 0 Å². The maximum Gasteiger partial charge on any atom is 0.120 e. The normalized spacial score (nSPS) is 23.9. The first-order valence-electron chi connectivity index (χ1n) is 6.49. The summed E-state index contributed by atoms with van der Waals surface area (Å²) in [4.78, 5) is 0. The summed E-state index contributed by atoms with van der Waals surface area (Å²) in [6.45, 7) is 1.24. The van der Waals surface area contributed by atoms with Gasteiger partial charge in [-0.1, -0.05) is 22.0 Å². The Morgan fingerprint density at radius 3 is 2.67 bits per heavy atom. The third-order valence-corrected chi connectivity index (χ3v) is 3.71. The highest BCUT2D eigenvalue weighted by atomic mass is 79.9. The Kier molecular flexibility index (Phi) is 5.47. The van der Waals surface area contributed by atoms with Crippen molar-refractivity contribution in [1.29, 1.82) is 0 Å². The van der Waals surface area contributed by atoms with Crippen molar-refractivity contribution in [1.82, 2.24) is 0 Å². The summed E-state index contributed by atoms with van der Waals surface area (Å²) < 4.78 is 12.4. The van der Waals surface area contributed by atoms with Crippen LogP contribution in [0.4, 0.5) is 0 Å². The Bertz CT molecular complexity index is 365. The van der Waals surface area contributed by atoms with Gasteiger partial charge in [-0.2, -0.15) is 0 Å². The number of ether oxygens (including phenoxy) is 2. The summed E-state index contributed by atoms with van der Waals surface area (Å²) in [7, 11) is 0. The lowest BCUT2D eigenvalue weighted by Crippen LogP contribution is -2.30. The zero-order valence-electron chi connectivity index (χ0n) is 10.5. The maximum absolute atomic E-state index is 5.86. The third-order valence-electron chi connectivity index (χ3n) is 3.22. The van der Waals surface area contributed by atoms with Crippen molar-refractivity contribution >= 4 is 15.9 Å². The number of benzene rings is 1. The third kappa shape index (κ3) is 4.59. The Labute approximate surface area is 117 Å². The number of halogens is 1. The molecule has 0 saturated heterocycles. The molecular weight excluding hydrogens is 294 g/mol. The summed E-state index contributed by atoms with van der Waals surface area (Å²) in [6, 6.07) is 8.23. The van der Waals surface area contributed by atoms with E-state index in [1.165, 1.54) is 0 Å². The van der Waals surface area contributed by atoms with Crippen LogP contribution in [0.5, 0.6) is 5.75 Å². The second-order valence-corrected chi connectivity index (χ2v) is 5.63. The molecule has 1 aliphatic rings. The van der Waals surface area contributed by atoms with Crippen molar-refractivity contribution in [2.24, 2.45) is 5.73 Å². The average Bonchev–Trinajstić information content (AvgIpc) is 2.37. The van der Waals surface area contributed by atoms with Gasteiger partial charge in [0.1, 0.15) is 12.4 Å². The summed E-state index contributed by atoms with van der Waals surface area (Å²) in [5.74, 6) is 0.874. The van der Waals surface area contributed by atoms with Crippen LogP contribution < -0.4 is 10.5 Å². The highest BCUT2D eigenvalue weighted by Gasteiger charge is 2.18. The molecule has 2 rings (SSSR count). The van der Waals surface area contributed by atoms with Crippen molar-refractivity contribution in [2.75, 3.05) is 13.2 Å². The lowest BCUT2D eigenvalue weighted by Gasteiger charge is -2.26. The second kappa shape index (κ2) is 7.12. The van der Waals surface area contributed by atoms with Crippen LogP contribution in [-0.4, -0.2) is 25.4 Å². The van der Waals surface area contributed by atoms with Gasteiger partial charge in [0.2, 0.25) is 0 Å². The summed E-state index contributed by atoms with van der Waals surface area (Å²) >= 11 is 3.42. The number of hydrogen-bond acceptors (Lipinski definition) is 3. The van der Waals surface area contributed by atoms with E-state index < -0.39 is 0 Å². The predicted octanol–water partition coefficient (Wildman–Crippen LogP) is 3.11. The topological polar surface area (TPSA) is 44.5 Å². The lowest BCUT2D eigenvalue weighted by molar-refractivity contribution is 0.0102. The van der Waals surface area contributed by atoms with Crippen LogP contribution in [0.15, 0.2) is 28.7 Å². The monoisotopic (exact) mass is 313 g/mol. The van der Waals surface area contributed by atoms with Crippen molar-refractivity contribution in [3.05, 3.63) is 28.7 Å². The molecule has 2 N–H and O–H groups in total. The molecule has 1 saturated carbocycles. The highest BCUT2D eigenvalue weighted by molar-refractivity contribution is 9.10. The number of rotatable bonds is 5. The molecule has 0 spiro atoms. The lowest BCUT2D eigenvalue weighted by atomic mass is 9.94. The van der Waals surface area contributed by atoms with Crippen molar-refractivity contribution < 1.29 is 9.47 Å². The molecule has 0 amide bonds. The fourth-order valence-electron chi connectivity index (χ4n) is 2.19. The second-order valence-electron chi connectivity index (χ2n) is 4.71. The molecule has 1 aromatic rings. The van der Waals surface area contributed by atoms with Crippen molar-refractivity contribution in [3.8, 4) is 5.75 Å². The van der Waals surface area contributed by atoms with E-state index in [-0.39, 0.29) is 0 Å². The first kappa shape index (κ1) is 13.8. The van der Waals surface area contributed by atoms with Gasteiger partial charge in [0.05, 0.1) is 12.7 Å². The Hall–Kier alpha value is -0.580. The van der Waals surface area contributed by atoms with Gasteiger partial charge in [-0.3, -0.25) is 0 Å². The van der Waals surface area contributed by atoms with Crippen molar-refractivity contribution in [3.63, 3.8) is 0 Å². The fourth-order valence-corrected chi connectivity index (χ4v) is 2.56. The molecule has 1 aliphatic carbocycles. The molecule has 0 atom stereocenters. The first-order valence-corrected chi connectivity index (χ1v) is 7.29. The molecule has 18 heavy (non-hydrogen) atoms. The van der Waals surface area contributed by atoms with E-state index in [1.807, 2.05) is 24.3 Å². The predicted molar refractivity (Wildman–Crippen MR) is 75.8 cm³/mol. The first-order chi connectivity index (χ1) is 8.74. The summed E-state index contributed by atoms with van der Waals surface area (Å²) in [6.07, 6.45) is 4.70. The fraction of sp³-hybridized carbons (Fsp3) is 0.571. The minimum absolute atomic E-state index is 0.371. The minimum Gasteiger partial charge on any atom is -0.491 e. The summed E-state index contributed by atoms with van der Waals surface area (Å²) in [5.41, 5.74) is 5.86. The van der Waals surface area contributed by atoms with E-state index in [0.29, 0.717) is 25.4 Å². The molecular formula is C14H20BrNO2. The van der Waals surface area contributed by atoms with Gasteiger partial charge in [0.15, 0.2) is 0 Å². The van der Waals surface area contributed by atoms with E-state index in [0.717, 1.165) is 35.9 Å². The van der Waals surface area contributed by atoms with E-state index in [2.05, 4.69) is 15.9 Å². The molecule has 0 radical (unpaired) electrons. The molecule has 0 aliphatic heterocycles.